The normalized spacial score (nSPS) is 19.1. The van der Waals surface area contributed by atoms with Crippen LogP contribution in [0.2, 0.25) is 0 Å². The Hall–Kier alpha value is -0.580. The van der Waals surface area contributed by atoms with Crippen LogP contribution < -0.4 is 10.6 Å². The van der Waals surface area contributed by atoms with Crippen LogP contribution in [0.4, 0.5) is 0 Å². The van der Waals surface area contributed by atoms with Gasteiger partial charge in [-0.1, -0.05) is 35.0 Å². The third-order valence-electron chi connectivity index (χ3n) is 4.30. The predicted octanol–water partition coefficient (Wildman–Crippen LogP) is 3.56. The minimum Gasteiger partial charge on any atom is -0.356 e. The van der Waals surface area contributed by atoms with Crippen LogP contribution in [-0.4, -0.2) is 25.5 Å². The Labute approximate surface area is 148 Å². The second kappa shape index (κ2) is 10.2. The molecule has 1 aromatic rings. The Balaban J connectivity index is 0.00000242. The van der Waals surface area contributed by atoms with E-state index >= 15 is 0 Å². The lowest BCUT2D eigenvalue weighted by molar-refractivity contribution is -0.122. The van der Waals surface area contributed by atoms with Crippen molar-refractivity contribution in [3.05, 3.63) is 34.3 Å². The van der Waals surface area contributed by atoms with E-state index < -0.39 is 0 Å². The van der Waals surface area contributed by atoms with Crippen molar-refractivity contribution in [3.8, 4) is 0 Å². The van der Waals surface area contributed by atoms with Gasteiger partial charge in [0, 0.05) is 17.4 Å². The summed E-state index contributed by atoms with van der Waals surface area (Å²) in [5.41, 5.74) is 1.25. The zero-order valence-electron chi connectivity index (χ0n) is 13.1. The molecule has 1 saturated heterocycles. The Morgan fingerprint density at radius 2 is 2.14 bits per heavy atom. The predicted molar refractivity (Wildman–Crippen MR) is 97.5 cm³/mol. The molecule has 0 aliphatic carbocycles. The molecule has 1 fully saturated rings. The first-order chi connectivity index (χ1) is 10.1. The van der Waals surface area contributed by atoms with Crippen LogP contribution in [0.15, 0.2) is 28.7 Å². The number of benzene rings is 1. The zero-order chi connectivity index (χ0) is 15.1. The van der Waals surface area contributed by atoms with Crippen LogP contribution in [0.25, 0.3) is 0 Å². The van der Waals surface area contributed by atoms with Crippen LogP contribution >= 0.6 is 28.3 Å². The number of hydrogen-bond donors (Lipinski definition) is 2. The number of rotatable bonds is 6. The summed E-state index contributed by atoms with van der Waals surface area (Å²) < 4.78 is 1.09. The minimum atomic E-state index is 0. The van der Waals surface area contributed by atoms with Gasteiger partial charge in [-0.2, -0.15) is 0 Å². The average molecular weight is 390 g/mol. The molecule has 5 heteroatoms. The number of amides is 1. The van der Waals surface area contributed by atoms with Crippen molar-refractivity contribution in [2.45, 2.75) is 32.6 Å². The van der Waals surface area contributed by atoms with Gasteiger partial charge in [-0.25, -0.2) is 0 Å². The summed E-state index contributed by atoms with van der Waals surface area (Å²) in [7, 11) is 0. The molecule has 1 amide bonds. The zero-order valence-corrected chi connectivity index (χ0v) is 15.5. The molecule has 2 unspecified atom stereocenters. The molecule has 0 saturated carbocycles. The van der Waals surface area contributed by atoms with Gasteiger partial charge >= 0.3 is 0 Å². The van der Waals surface area contributed by atoms with Gasteiger partial charge in [-0.05, 0) is 61.9 Å². The molecule has 0 aromatic heterocycles. The molecule has 0 spiro atoms. The van der Waals surface area contributed by atoms with Crippen molar-refractivity contribution < 1.29 is 4.79 Å². The summed E-state index contributed by atoms with van der Waals surface area (Å²) in [4.78, 5) is 12.0. The number of carbonyl (C=O) groups is 1. The van der Waals surface area contributed by atoms with E-state index in [0.717, 1.165) is 30.5 Å². The molecule has 0 bridgehead atoms. The monoisotopic (exact) mass is 388 g/mol. The Morgan fingerprint density at radius 1 is 1.41 bits per heavy atom. The summed E-state index contributed by atoms with van der Waals surface area (Å²) in [5, 5.41) is 6.47. The van der Waals surface area contributed by atoms with Gasteiger partial charge in [0.1, 0.15) is 0 Å². The van der Waals surface area contributed by atoms with Crippen molar-refractivity contribution in [3.63, 3.8) is 0 Å². The molecule has 1 aromatic carbocycles. The number of hydrogen-bond acceptors (Lipinski definition) is 2. The lowest BCUT2D eigenvalue weighted by Gasteiger charge is -2.28. The highest BCUT2D eigenvalue weighted by atomic mass is 79.9. The minimum absolute atomic E-state index is 0. The molecule has 0 radical (unpaired) electrons. The lowest BCUT2D eigenvalue weighted by Crippen LogP contribution is -2.36. The van der Waals surface area contributed by atoms with Crippen LogP contribution in [0.5, 0.6) is 0 Å². The molecule has 2 rings (SSSR count). The van der Waals surface area contributed by atoms with Crippen LogP contribution in [0, 0.1) is 11.8 Å². The van der Waals surface area contributed by atoms with E-state index in [4.69, 9.17) is 0 Å². The first kappa shape index (κ1) is 19.5. The molecule has 3 nitrogen and oxygen atoms in total. The highest BCUT2D eigenvalue weighted by molar-refractivity contribution is 9.10. The van der Waals surface area contributed by atoms with E-state index in [-0.39, 0.29) is 18.3 Å². The molecule has 1 aliphatic rings. The Kier molecular flexibility index (Phi) is 9.06. The van der Waals surface area contributed by atoms with E-state index in [1.165, 1.54) is 18.4 Å². The van der Waals surface area contributed by atoms with Crippen molar-refractivity contribution in [1.82, 2.24) is 10.6 Å². The van der Waals surface area contributed by atoms with Gasteiger partial charge in [0.2, 0.25) is 5.91 Å². The number of carbonyl (C=O) groups excluding carboxylic acids is 1. The highest BCUT2D eigenvalue weighted by Crippen LogP contribution is 2.22. The largest absolute Gasteiger partial charge is 0.356 e. The molecule has 2 N–H and O–H groups in total. The van der Waals surface area contributed by atoms with Gasteiger partial charge in [0.05, 0.1) is 0 Å². The van der Waals surface area contributed by atoms with Gasteiger partial charge in [-0.3, -0.25) is 4.79 Å². The summed E-state index contributed by atoms with van der Waals surface area (Å²) in [6.45, 7) is 5.11. The third-order valence-corrected chi connectivity index (χ3v) is 4.82. The molecular formula is C17H26BrClN2O. The van der Waals surface area contributed by atoms with E-state index in [0.29, 0.717) is 18.3 Å². The fourth-order valence-corrected chi connectivity index (χ4v) is 3.16. The maximum Gasteiger partial charge on any atom is 0.220 e. The molecule has 124 valence electrons. The standard InChI is InChI=1S/C17H25BrN2O.ClH/c1-13(15-3-2-9-19-12-15)11-17(21)20-10-8-14-4-6-16(18)7-5-14;/h4-7,13,15,19H,2-3,8-12H2,1H3,(H,20,21);1H. The van der Waals surface area contributed by atoms with Crippen molar-refractivity contribution >= 4 is 34.2 Å². The molecule has 1 aliphatic heterocycles. The second-order valence-electron chi connectivity index (χ2n) is 6.01. The fourth-order valence-electron chi connectivity index (χ4n) is 2.89. The first-order valence-corrected chi connectivity index (χ1v) is 8.66. The Morgan fingerprint density at radius 3 is 2.77 bits per heavy atom. The van der Waals surface area contributed by atoms with Crippen molar-refractivity contribution in [2.75, 3.05) is 19.6 Å². The fraction of sp³-hybridized carbons (Fsp3) is 0.588. The summed E-state index contributed by atoms with van der Waals surface area (Å²) in [6.07, 6.45) is 4.02. The van der Waals surface area contributed by atoms with Gasteiger partial charge < -0.3 is 10.6 Å². The van der Waals surface area contributed by atoms with Crippen LogP contribution in [0.1, 0.15) is 31.7 Å². The van der Waals surface area contributed by atoms with Crippen molar-refractivity contribution in [1.29, 1.82) is 0 Å². The number of halogens is 2. The molecule has 2 atom stereocenters. The smallest absolute Gasteiger partial charge is 0.220 e. The van der Waals surface area contributed by atoms with Gasteiger partial charge in [-0.15, -0.1) is 12.4 Å². The first-order valence-electron chi connectivity index (χ1n) is 7.87. The van der Waals surface area contributed by atoms with Crippen LogP contribution in [0.3, 0.4) is 0 Å². The average Bonchev–Trinajstić information content (AvgIpc) is 2.50. The van der Waals surface area contributed by atoms with E-state index in [1.807, 2.05) is 12.1 Å². The summed E-state index contributed by atoms with van der Waals surface area (Å²) in [6, 6.07) is 8.25. The van der Waals surface area contributed by atoms with E-state index in [2.05, 4.69) is 45.6 Å². The summed E-state index contributed by atoms with van der Waals surface area (Å²) >= 11 is 3.43. The topological polar surface area (TPSA) is 41.1 Å². The number of piperidine rings is 1. The van der Waals surface area contributed by atoms with Gasteiger partial charge in [0.25, 0.3) is 0 Å². The second-order valence-corrected chi connectivity index (χ2v) is 6.93. The third kappa shape index (κ3) is 6.67. The molecule has 22 heavy (non-hydrogen) atoms. The SMILES string of the molecule is CC(CC(=O)NCCc1ccc(Br)cc1)C1CCCNC1.Cl. The van der Waals surface area contributed by atoms with E-state index in [9.17, 15) is 4.79 Å². The van der Waals surface area contributed by atoms with E-state index in [1.54, 1.807) is 0 Å². The van der Waals surface area contributed by atoms with Crippen molar-refractivity contribution in [2.24, 2.45) is 11.8 Å². The Bertz CT molecular complexity index is 446. The lowest BCUT2D eigenvalue weighted by atomic mass is 9.85. The maximum atomic E-state index is 12.0. The molecular weight excluding hydrogens is 364 g/mol. The van der Waals surface area contributed by atoms with Gasteiger partial charge in [0.15, 0.2) is 0 Å². The number of nitrogens with one attached hydrogen (secondary N) is 2. The molecule has 1 heterocycles. The maximum absolute atomic E-state index is 12.0. The highest BCUT2D eigenvalue weighted by Gasteiger charge is 2.21. The quantitative estimate of drug-likeness (QED) is 0.781. The summed E-state index contributed by atoms with van der Waals surface area (Å²) in [5.74, 6) is 1.30. The van der Waals surface area contributed by atoms with Crippen LogP contribution in [-0.2, 0) is 11.2 Å².